The number of para-hydroxylation sites is 1. The van der Waals surface area contributed by atoms with Crippen LogP contribution in [0.3, 0.4) is 0 Å². The van der Waals surface area contributed by atoms with E-state index in [1.165, 1.54) is 12.8 Å². The Bertz CT molecular complexity index is 792. The van der Waals surface area contributed by atoms with Crippen LogP contribution in [0.4, 0.5) is 0 Å². The van der Waals surface area contributed by atoms with Gasteiger partial charge in [-0.25, -0.2) is 0 Å². The molecule has 0 saturated carbocycles. The normalized spacial score (nSPS) is 14.7. The lowest BCUT2D eigenvalue weighted by atomic mass is 10.1. The number of methoxy groups -OCH3 is 2. The molecule has 0 amide bonds. The second kappa shape index (κ2) is 8.68. The third kappa shape index (κ3) is 4.33. The van der Waals surface area contributed by atoms with E-state index in [1.807, 2.05) is 30.3 Å². The van der Waals surface area contributed by atoms with E-state index in [2.05, 4.69) is 11.0 Å². The number of benzene rings is 2. The highest BCUT2D eigenvalue weighted by molar-refractivity contribution is 6.08. The van der Waals surface area contributed by atoms with Crippen LogP contribution in [-0.4, -0.2) is 38.0 Å². The SMILES string of the molecule is COc1ccc(/C=C/C(=O)c2ccccc2OC)cc1CN1CCCC1. The van der Waals surface area contributed by atoms with Crippen LogP contribution in [-0.2, 0) is 6.54 Å². The van der Waals surface area contributed by atoms with Crippen LogP contribution in [0.15, 0.2) is 48.5 Å². The van der Waals surface area contributed by atoms with Gasteiger partial charge in [0.15, 0.2) is 5.78 Å². The summed E-state index contributed by atoms with van der Waals surface area (Å²) in [5.74, 6) is 1.41. The molecule has 0 radical (unpaired) electrons. The van der Waals surface area contributed by atoms with E-state index in [-0.39, 0.29) is 5.78 Å². The Labute approximate surface area is 155 Å². The van der Waals surface area contributed by atoms with E-state index >= 15 is 0 Å². The summed E-state index contributed by atoms with van der Waals surface area (Å²) < 4.78 is 10.8. The third-order valence-corrected chi connectivity index (χ3v) is 4.70. The third-order valence-electron chi connectivity index (χ3n) is 4.70. The van der Waals surface area contributed by atoms with E-state index in [0.717, 1.165) is 36.5 Å². The van der Waals surface area contributed by atoms with E-state index in [0.29, 0.717) is 11.3 Å². The molecular formula is C22H25NO3. The number of carbonyl (C=O) groups is 1. The zero-order valence-corrected chi connectivity index (χ0v) is 15.4. The lowest BCUT2D eigenvalue weighted by Crippen LogP contribution is -2.18. The molecule has 0 aromatic heterocycles. The summed E-state index contributed by atoms with van der Waals surface area (Å²) in [4.78, 5) is 14.9. The highest BCUT2D eigenvalue weighted by atomic mass is 16.5. The monoisotopic (exact) mass is 351 g/mol. The highest BCUT2D eigenvalue weighted by Gasteiger charge is 2.14. The first-order chi connectivity index (χ1) is 12.7. The standard InChI is InChI=1S/C22H25NO3/c1-25-21-12-10-17(15-18(21)16-23-13-5-6-14-23)9-11-20(24)19-7-3-4-8-22(19)26-2/h3-4,7-12,15H,5-6,13-14,16H2,1-2H3/b11-9+. The van der Waals surface area contributed by atoms with Gasteiger partial charge in [-0.15, -0.1) is 0 Å². The lowest BCUT2D eigenvalue weighted by molar-refractivity contribution is 0.104. The summed E-state index contributed by atoms with van der Waals surface area (Å²) in [6.45, 7) is 3.15. The number of likely N-dealkylation sites (tertiary alicyclic amines) is 1. The second-order valence-electron chi connectivity index (χ2n) is 6.45. The molecule has 0 spiro atoms. The van der Waals surface area contributed by atoms with E-state index in [9.17, 15) is 4.79 Å². The van der Waals surface area contributed by atoms with Crippen molar-refractivity contribution in [2.24, 2.45) is 0 Å². The minimum absolute atomic E-state index is 0.0700. The van der Waals surface area contributed by atoms with Crippen molar-refractivity contribution >= 4 is 11.9 Å². The van der Waals surface area contributed by atoms with E-state index < -0.39 is 0 Å². The van der Waals surface area contributed by atoms with Crippen molar-refractivity contribution < 1.29 is 14.3 Å². The lowest BCUT2D eigenvalue weighted by Gasteiger charge is -2.17. The summed E-state index contributed by atoms with van der Waals surface area (Å²) >= 11 is 0. The number of allylic oxidation sites excluding steroid dienone is 1. The van der Waals surface area contributed by atoms with Gasteiger partial charge < -0.3 is 9.47 Å². The van der Waals surface area contributed by atoms with Crippen LogP contribution < -0.4 is 9.47 Å². The predicted octanol–water partition coefficient (Wildman–Crippen LogP) is 4.20. The molecule has 0 aliphatic carbocycles. The first kappa shape index (κ1) is 18.2. The van der Waals surface area contributed by atoms with Crippen molar-refractivity contribution in [1.82, 2.24) is 4.90 Å². The maximum Gasteiger partial charge on any atom is 0.189 e. The van der Waals surface area contributed by atoms with Gasteiger partial charge >= 0.3 is 0 Å². The minimum atomic E-state index is -0.0700. The molecule has 0 N–H and O–H groups in total. The fraction of sp³-hybridized carbons (Fsp3) is 0.318. The summed E-state index contributed by atoms with van der Waals surface area (Å²) in [6.07, 6.45) is 5.96. The Morgan fingerprint density at radius 2 is 1.77 bits per heavy atom. The van der Waals surface area contributed by atoms with Gasteiger partial charge in [-0.05, 0) is 61.8 Å². The number of hydrogen-bond acceptors (Lipinski definition) is 4. The number of ether oxygens (including phenoxy) is 2. The molecule has 1 aliphatic rings. The molecule has 1 saturated heterocycles. The van der Waals surface area contributed by atoms with Crippen LogP contribution >= 0.6 is 0 Å². The number of carbonyl (C=O) groups excluding carboxylic acids is 1. The van der Waals surface area contributed by atoms with E-state index in [1.54, 1.807) is 32.4 Å². The van der Waals surface area contributed by atoms with Gasteiger partial charge in [0.2, 0.25) is 0 Å². The summed E-state index contributed by atoms with van der Waals surface area (Å²) in [6, 6.07) is 13.3. The first-order valence-corrected chi connectivity index (χ1v) is 8.96. The van der Waals surface area contributed by atoms with Crippen LogP contribution in [0, 0.1) is 0 Å². The summed E-state index contributed by atoms with van der Waals surface area (Å²) in [5.41, 5.74) is 2.71. The average molecular weight is 351 g/mol. The Hall–Kier alpha value is -2.59. The average Bonchev–Trinajstić information content (AvgIpc) is 3.19. The highest BCUT2D eigenvalue weighted by Crippen LogP contribution is 2.24. The Balaban J connectivity index is 1.78. The Morgan fingerprint density at radius 1 is 1.04 bits per heavy atom. The van der Waals surface area contributed by atoms with Crippen molar-refractivity contribution in [3.8, 4) is 11.5 Å². The molecule has 0 unspecified atom stereocenters. The summed E-state index contributed by atoms with van der Waals surface area (Å²) in [5, 5.41) is 0. The Kier molecular flexibility index (Phi) is 6.08. The zero-order chi connectivity index (χ0) is 18.4. The second-order valence-corrected chi connectivity index (χ2v) is 6.45. The van der Waals surface area contributed by atoms with Crippen molar-refractivity contribution in [2.45, 2.75) is 19.4 Å². The number of nitrogens with zero attached hydrogens (tertiary/aromatic N) is 1. The van der Waals surface area contributed by atoms with Gasteiger partial charge in [0.05, 0.1) is 19.8 Å². The molecular weight excluding hydrogens is 326 g/mol. The fourth-order valence-electron chi connectivity index (χ4n) is 3.32. The van der Waals surface area contributed by atoms with Gasteiger partial charge in [-0.2, -0.15) is 0 Å². The molecule has 1 heterocycles. The quantitative estimate of drug-likeness (QED) is 0.554. The summed E-state index contributed by atoms with van der Waals surface area (Å²) in [7, 11) is 3.27. The minimum Gasteiger partial charge on any atom is -0.496 e. The maximum absolute atomic E-state index is 12.5. The molecule has 0 atom stereocenters. The van der Waals surface area contributed by atoms with Crippen molar-refractivity contribution in [3.05, 3.63) is 65.2 Å². The van der Waals surface area contributed by atoms with Gasteiger partial charge in [0.1, 0.15) is 11.5 Å². The van der Waals surface area contributed by atoms with Crippen LogP contribution in [0.5, 0.6) is 11.5 Å². The molecule has 1 fully saturated rings. The Morgan fingerprint density at radius 3 is 2.50 bits per heavy atom. The molecule has 136 valence electrons. The van der Waals surface area contributed by atoms with Gasteiger partial charge in [-0.3, -0.25) is 9.69 Å². The van der Waals surface area contributed by atoms with Gasteiger partial charge in [-0.1, -0.05) is 24.3 Å². The molecule has 4 nitrogen and oxygen atoms in total. The number of ketones is 1. The topological polar surface area (TPSA) is 38.8 Å². The van der Waals surface area contributed by atoms with Crippen molar-refractivity contribution in [1.29, 1.82) is 0 Å². The molecule has 3 rings (SSSR count). The molecule has 2 aromatic carbocycles. The molecule has 4 heteroatoms. The van der Waals surface area contributed by atoms with Crippen molar-refractivity contribution in [3.63, 3.8) is 0 Å². The number of rotatable bonds is 7. The van der Waals surface area contributed by atoms with Crippen LogP contribution in [0.1, 0.15) is 34.3 Å². The van der Waals surface area contributed by atoms with Crippen LogP contribution in [0.25, 0.3) is 6.08 Å². The van der Waals surface area contributed by atoms with Crippen molar-refractivity contribution in [2.75, 3.05) is 27.3 Å². The molecule has 0 bridgehead atoms. The first-order valence-electron chi connectivity index (χ1n) is 8.96. The predicted molar refractivity (Wildman–Crippen MR) is 104 cm³/mol. The fourth-order valence-corrected chi connectivity index (χ4v) is 3.32. The zero-order valence-electron chi connectivity index (χ0n) is 15.4. The van der Waals surface area contributed by atoms with Gasteiger partial charge in [0, 0.05) is 12.1 Å². The maximum atomic E-state index is 12.5. The van der Waals surface area contributed by atoms with Gasteiger partial charge in [0.25, 0.3) is 0 Å². The largest absolute Gasteiger partial charge is 0.496 e. The molecule has 26 heavy (non-hydrogen) atoms. The molecule has 2 aromatic rings. The molecule has 1 aliphatic heterocycles. The van der Waals surface area contributed by atoms with Crippen LogP contribution in [0.2, 0.25) is 0 Å². The smallest absolute Gasteiger partial charge is 0.189 e. The van der Waals surface area contributed by atoms with E-state index in [4.69, 9.17) is 9.47 Å². The number of hydrogen-bond donors (Lipinski definition) is 0.